The van der Waals surface area contributed by atoms with Crippen molar-refractivity contribution in [1.82, 2.24) is 0 Å². The van der Waals surface area contributed by atoms with Crippen LogP contribution in [0.2, 0.25) is 0 Å². The fourth-order valence-corrected chi connectivity index (χ4v) is 3.88. The topological polar surface area (TPSA) is 102 Å². The van der Waals surface area contributed by atoms with Gasteiger partial charge in [-0.25, -0.2) is 9.59 Å². The first-order chi connectivity index (χ1) is 16.5. The Balaban J connectivity index is 1.58. The molecule has 3 aromatic carbocycles. The third-order valence-electron chi connectivity index (χ3n) is 5.59. The number of para-hydroxylation sites is 1. The Bertz CT molecular complexity index is 1260. The Kier molecular flexibility index (Phi) is 6.73. The molecule has 0 atom stereocenters. The van der Waals surface area contributed by atoms with Crippen LogP contribution in [0, 0.1) is 0 Å². The van der Waals surface area contributed by atoms with Crippen LogP contribution in [0.1, 0.15) is 29.6 Å². The Labute approximate surface area is 196 Å². The highest BCUT2D eigenvalue weighted by molar-refractivity contribution is 6.11. The second-order valence-electron chi connectivity index (χ2n) is 7.76. The number of carboxylic acids is 1. The molecule has 0 saturated carbocycles. The Morgan fingerprint density at radius 2 is 1.47 bits per heavy atom. The number of hydrogen-bond donors (Lipinski definition) is 2. The van der Waals surface area contributed by atoms with Crippen LogP contribution >= 0.6 is 0 Å². The molecular weight excluding hydrogens is 434 g/mol. The van der Waals surface area contributed by atoms with Crippen LogP contribution in [0.3, 0.4) is 0 Å². The first kappa shape index (κ1) is 22.8. The number of hydrogen-bond acceptors (Lipinski definition) is 5. The van der Waals surface area contributed by atoms with E-state index < -0.39 is 17.8 Å². The molecule has 0 fully saturated rings. The number of anilines is 1. The summed E-state index contributed by atoms with van der Waals surface area (Å²) in [7, 11) is 1.26. The predicted molar refractivity (Wildman–Crippen MR) is 127 cm³/mol. The van der Waals surface area contributed by atoms with E-state index in [1.807, 2.05) is 54.6 Å². The third kappa shape index (κ3) is 4.99. The van der Waals surface area contributed by atoms with Gasteiger partial charge in [0.25, 0.3) is 5.91 Å². The molecule has 0 radical (unpaired) electrons. The highest BCUT2D eigenvalue weighted by Crippen LogP contribution is 2.31. The number of esters is 1. The second kappa shape index (κ2) is 10.0. The number of methoxy groups -OCH3 is 1. The summed E-state index contributed by atoms with van der Waals surface area (Å²) < 4.78 is 10.7. The molecule has 0 aromatic heterocycles. The van der Waals surface area contributed by atoms with Crippen molar-refractivity contribution in [3.8, 4) is 22.6 Å². The average molecular weight is 457 g/mol. The van der Waals surface area contributed by atoms with E-state index in [2.05, 4.69) is 5.32 Å². The fraction of sp³-hybridized carbons (Fsp3) is 0.148. The van der Waals surface area contributed by atoms with Crippen molar-refractivity contribution in [2.24, 2.45) is 0 Å². The van der Waals surface area contributed by atoms with Gasteiger partial charge in [0, 0.05) is 11.1 Å². The molecule has 0 heterocycles. The van der Waals surface area contributed by atoms with Gasteiger partial charge in [-0.05, 0) is 66.8 Å². The molecule has 0 bridgehead atoms. The number of carbonyl (C=O) groups is 3. The predicted octanol–water partition coefficient (Wildman–Crippen LogP) is 5.44. The van der Waals surface area contributed by atoms with Crippen LogP contribution in [0.4, 0.5) is 5.69 Å². The lowest BCUT2D eigenvalue weighted by Crippen LogP contribution is -2.18. The van der Waals surface area contributed by atoms with E-state index in [0.29, 0.717) is 25.0 Å². The quantitative estimate of drug-likeness (QED) is 0.458. The number of nitrogens with one attached hydrogen (secondary N) is 1. The normalized spacial score (nSPS) is 12.9. The lowest BCUT2D eigenvalue weighted by Gasteiger charge is -2.13. The smallest absolute Gasteiger partial charge is 0.339 e. The van der Waals surface area contributed by atoms with Crippen LogP contribution in [0.25, 0.3) is 11.1 Å². The van der Waals surface area contributed by atoms with E-state index in [1.54, 1.807) is 18.2 Å². The average Bonchev–Trinajstić information content (AvgIpc) is 3.36. The Hall–Kier alpha value is -4.39. The summed E-state index contributed by atoms with van der Waals surface area (Å²) in [5, 5.41) is 12.0. The first-order valence-electron chi connectivity index (χ1n) is 10.8. The second-order valence-corrected chi connectivity index (χ2v) is 7.76. The SMILES string of the molecule is COC(=O)c1cc(-c2ccc(Oc3ccccc3)cc2)ccc1NC(=O)C1=C(C(=O)O)CCC1. The molecule has 0 unspecified atom stereocenters. The van der Waals surface area contributed by atoms with Crippen LogP contribution in [0.5, 0.6) is 11.5 Å². The standard InChI is InChI=1S/C27H23NO6/c1-33-27(32)23-16-18(17-10-13-20(14-11-17)34-19-6-3-2-4-7-19)12-15-24(23)28-25(29)21-8-5-9-22(21)26(30)31/h2-4,6-7,10-16H,5,8-9H2,1H3,(H,28,29)(H,30,31). The van der Waals surface area contributed by atoms with Gasteiger partial charge in [-0.1, -0.05) is 36.4 Å². The maximum atomic E-state index is 12.7. The molecule has 1 aliphatic rings. The van der Waals surface area contributed by atoms with E-state index in [1.165, 1.54) is 7.11 Å². The van der Waals surface area contributed by atoms with Crippen molar-refractivity contribution < 1.29 is 29.0 Å². The Morgan fingerprint density at radius 1 is 0.824 bits per heavy atom. The van der Waals surface area contributed by atoms with Gasteiger partial charge in [0.2, 0.25) is 0 Å². The number of ether oxygens (including phenoxy) is 2. The maximum Gasteiger partial charge on any atom is 0.339 e. The van der Waals surface area contributed by atoms with E-state index in [9.17, 15) is 19.5 Å². The molecule has 34 heavy (non-hydrogen) atoms. The molecule has 0 spiro atoms. The molecular formula is C27H23NO6. The van der Waals surface area contributed by atoms with Crippen molar-refractivity contribution in [2.75, 3.05) is 12.4 Å². The molecule has 7 heteroatoms. The zero-order valence-corrected chi connectivity index (χ0v) is 18.5. The molecule has 172 valence electrons. The van der Waals surface area contributed by atoms with Crippen molar-refractivity contribution in [2.45, 2.75) is 19.3 Å². The van der Waals surface area contributed by atoms with E-state index in [0.717, 1.165) is 16.9 Å². The summed E-state index contributed by atoms with van der Waals surface area (Å²) in [4.78, 5) is 36.6. The van der Waals surface area contributed by atoms with Gasteiger partial charge in [0.1, 0.15) is 11.5 Å². The molecule has 4 rings (SSSR count). The molecule has 1 aliphatic carbocycles. The van der Waals surface area contributed by atoms with Gasteiger partial charge in [0.05, 0.1) is 18.4 Å². The van der Waals surface area contributed by atoms with Crippen molar-refractivity contribution in [3.63, 3.8) is 0 Å². The van der Waals surface area contributed by atoms with Crippen LogP contribution in [-0.2, 0) is 14.3 Å². The number of rotatable bonds is 7. The first-order valence-corrected chi connectivity index (χ1v) is 10.8. The minimum atomic E-state index is -1.09. The van der Waals surface area contributed by atoms with Crippen LogP contribution in [-0.4, -0.2) is 30.1 Å². The number of carbonyl (C=O) groups excluding carboxylic acids is 2. The zero-order chi connectivity index (χ0) is 24.1. The number of benzene rings is 3. The maximum absolute atomic E-state index is 12.7. The number of aliphatic carboxylic acids is 1. The molecule has 1 amide bonds. The van der Waals surface area contributed by atoms with Crippen LogP contribution < -0.4 is 10.1 Å². The van der Waals surface area contributed by atoms with Gasteiger partial charge in [0.15, 0.2) is 0 Å². The summed E-state index contributed by atoms with van der Waals surface area (Å²) in [6.45, 7) is 0. The minimum Gasteiger partial charge on any atom is -0.478 e. The van der Waals surface area contributed by atoms with Crippen molar-refractivity contribution >= 4 is 23.5 Å². The highest BCUT2D eigenvalue weighted by atomic mass is 16.5. The molecule has 0 aliphatic heterocycles. The van der Waals surface area contributed by atoms with Crippen LogP contribution in [0.15, 0.2) is 83.9 Å². The molecule has 0 saturated heterocycles. The van der Waals surface area contributed by atoms with Crippen molar-refractivity contribution in [1.29, 1.82) is 0 Å². The van der Waals surface area contributed by atoms with Gasteiger partial charge in [-0.2, -0.15) is 0 Å². The molecule has 7 nitrogen and oxygen atoms in total. The summed E-state index contributed by atoms with van der Waals surface area (Å²) in [6, 6.07) is 21.9. The molecule has 3 aromatic rings. The fourth-order valence-electron chi connectivity index (χ4n) is 3.88. The van der Waals surface area contributed by atoms with E-state index in [-0.39, 0.29) is 22.4 Å². The van der Waals surface area contributed by atoms with Gasteiger partial charge < -0.3 is 19.9 Å². The van der Waals surface area contributed by atoms with Gasteiger partial charge in [-0.3, -0.25) is 4.79 Å². The monoisotopic (exact) mass is 457 g/mol. The largest absolute Gasteiger partial charge is 0.478 e. The van der Waals surface area contributed by atoms with E-state index >= 15 is 0 Å². The zero-order valence-electron chi connectivity index (χ0n) is 18.5. The van der Waals surface area contributed by atoms with Gasteiger partial charge in [-0.15, -0.1) is 0 Å². The third-order valence-corrected chi connectivity index (χ3v) is 5.59. The minimum absolute atomic E-state index is 0.117. The van der Waals surface area contributed by atoms with E-state index in [4.69, 9.17) is 9.47 Å². The number of amides is 1. The lowest BCUT2D eigenvalue weighted by molar-refractivity contribution is -0.133. The van der Waals surface area contributed by atoms with Gasteiger partial charge >= 0.3 is 11.9 Å². The summed E-state index contributed by atoms with van der Waals surface area (Å²) in [6.07, 6.45) is 1.35. The lowest BCUT2D eigenvalue weighted by atomic mass is 10.0. The summed E-state index contributed by atoms with van der Waals surface area (Å²) in [5.41, 5.74) is 2.38. The summed E-state index contributed by atoms with van der Waals surface area (Å²) >= 11 is 0. The van der Waals surface area contributed by atoms with Crippen molar-refractivity contribution in [3.05, 3.63) is 89.5 Å². The molecule has 2 N–H and O–H groups in total. The summed E-state index contributed by atoms with van der Waals surface area (Å²) in [5.74, 6) is -0.820. The Morgan fingerprint density at radius 3 is 2.15 bits per heavy atom. The highest BCUT2D eigenvalue weighted by Gasteiger charge is 2.26. The number of carboxylic acid groups (broad SMARTS) is 1.